The van der Waals surface area contributed by atoms with Crippen molar-refractivity contribution < 1.29 is 4.79 Å². The first-order valence-electron chi connectivity index (χ1n) is 4.51. The third kappa shape index (κ3) is 2.87. The van der Waals surface area contributed by atoms with Crippen LogP contribution in [-0.4, -0.2) is 5.78 Å². The molecule has 1 fully saturated rings. The van der Waals surface area contributed by atoms with Crippen LogP contribution in [0.4, 0.5) is 0 Å². The first-order chi connectivity index (χ1) is 5.33. The molecule has 0 N–H and O–H groups in total. The maximum absolute atomic E-state index is 10.9. The molecule has 1 aliphatic rings. The maximum Gasteiger partial charge on any atom is 0.133 e. The average Bonchev–Trinajstić information content (AvgIpc) is 2.37. The number of hydrogen-bond acceptors (Lipinski definition) is 1. The van der Waals surface area contributed by atoms with Gasteiger partial charge in [-0.05, 0) is 18.8 Å². The molecule has 1 heteroatoms. The van der Waals surface area contributed by atoms with Gasteiger partial charge in [0.2, 0.25) is 0 Å². The first kappa shape index (κ1) is 8.51. The number of allylic oxidation sites excluding steroid dienone is 2. The predicted octanol–water partition coefficient (Wildman–Crippen LogP) is 2.71. The summed E-state index contributed by atoms with van der Waals surface area (Å²) in [6.07, 6.45) is 9.47. The van der Waals surface area contributed by atoms with Gasteiger partial charge in [-0.1, -0.05) is 25.5 Å². The molecule has 0 aliphatic heterocycles. The fourth-order valence-corrected chi connectivity index (χ4v) is 1.46. The highest BCUT2D eigenvalue weighted by Crippen LogP contribution is 2.22. The van der Waals surface area contributed by atoms with Gasteiger partial charge in [-0.25, -0.2) is 0 Å². The summed E-state index contributed by atoms with van der Waals surface area (Å²) in [6, 6.07) is 0. The summed E-state index contributed by atoms with van der Waals surface area (Å²) in [6.45, 7) is 2.17. The van der Waals surface area contributed by atoms with E-state index in [0.29, 0.717) is 11.7 Å². The van der Waals surface area contributed by atoms with Gasteiger partial charge in [0, 0.05) is 12.8 Å². The van der Waals surface area contributed by atoms with Gasteiger partial charge in [-0.15, -0.1) is 0 Å². The molecule has 0 radical (unpaired) electrons. The molecule has 1 saturated carbocycles. The van der Waals surface area contributed by atoms with Crippen molar-refractivity contribution in [1.82, 2.24) is 0 Å². The summed E-state index contributed by atoms with van der Waals surface area (Å²) in [4.78, 5) is 10.9. The third-order valence-corrected chi connectivity index (χ3v) is 2.15. The van der Waals surface area contributed by atoms with Crippen LogP contribution in [0.1, 0.15) is 39.0 Å². The van der Waals surface area contributed by atoms with Crippen LogP contribution in [0.3, 0.4) is 0 Å². The second kappa shape index (κ2) is 4.32. The van der Waals surface area contributed by atoms with Crippen molar-refractivity contribution in [3.05, 3.63) is 12.2 Å². The molecule has 0 aromatic rings. The van der Waals surface area contributed by atoms with Gasteiger partial charge in [0.1, 0.15) is 5.78 Å². The number of carbonyl (C=O) groups excluding carboxylic acids is 1. The Kier molecular flexibility index (Phi) is 3.34. The van der Waals surface area contributed by atoms with Crippen molar-refractivity contribution in [2.45, 2.75) is 39.0 Å². The lowest BCUT2D eigenvalue weighted by Gasteiger charge is -1.97. The van der Waals surface area contributed by atoms with Gasteiger partial charge in [0.25, 0.3) is 0 Å². The van der Waals surface area contributed by atoms with Crippen LogP contribution in [0.15, 0.2) is 12.2 Å². The topological polar surface area (TPSA) is 17.1 Å². The van der Waals surface area contributed by atoms with Crippen LogP contribution in [0.5, 0.6) is 0 Å². The zero-order valence-corrected chi connectivity index (χ0v) is 7.18. The Morgan fingerprint density at radius 1 is 1.64 bits per heavy atom. The second-order valence-electron chi connectivity index (χ2n) is 3.26. The van der Waals surface area contributed by atoms with Gasteiger partial charge in [0.05, 0.1) is 0 Å². The van der Waals surface area contributed by atoms with E-state index in [-0.39, 0.29) is 0 Å². The van der Waals surface area contributed by atoms with Crippen LogP contribution in [0.2, 0.25) is 0 Å². The summed E-state index contributed by atoms with van der Waals surface area (Å²) < 4.78 is 0. The minimum atomic E-state index is 0.441. The Morgan fingerprint density at radius 2 is 2.45 bits per heavy atom. The zero-order chi connectivity index (χ0) is 8.10. The normalized spacial score (nSPS) is 25.2. The van der Waals surface area contributed by atoms with Crippen LogP contribution in [-0.2, 0) is 4.79 Å². The molecule has 1 unspecified atom stereocenters. The van der Waals surface area contributed by atoms with E-state index in [4.69, 9.17) is 0 Å². The lowest BCUT2D eigenvalue weighted by atomic mass is 10.1. The van der Waals surface area contributed by atoms with Crippen LogP contribution >= 0.6 is 0 Å². The van der Waals surface area contributed by atoms with Crippen molar-refractivity contribution >= 4 is 5.78 Å². The Balaban J connectivity index is 2.22. The number of carbonyl (C=O) groups is 1. The van der Waals surface area contributed by atoms with E-state index in [0.717, 1.165) is 25.7 Å². The van der Waals surface area contributed by atoms with E-state index >= 15 is 0 Å². The van der Waals surface area contributed by atoms with Crippen molar-refractivity contribution in [2.24, 2.45) is 5.92 Å². The van der Waals surface area contributed by atoms with Gasteiger partial charge in [-0.2, -0.15) is 0 Å². The molecule has 0 saturated heterocycles. The lowest BCUT2D eigenvalue weighted by Crippen LogP contribution is -1.89. The second-order valence-corrected chi connectivity index (χ2v) is 3.26. The molecule has 1 aliphatic carbocycles. The van der Waals surface area contributed by atoms with Crippen LogP contribution in [0.25, 0.3) is 0 Å². The van der Waals surface area contributed by atoms with Crippen molar-refractivity contribution in [3.8, 4) is 0 Å². The first-order valence-corrected chi connectivity index (χ1v) is 4.51. The monoisotopic (exact) mass is 152 g/mol. The van der Waals surface area contributed by atoms with Crippen molar-refractivity contribution in [1.29, 1.82) is 0 Å². The van der Waals surface area contributed by atoms with E-state index < -0.39 is 0 Å². The molecule has 11 heavy (non-hydrogen) atoms. The summed E-state index contributed by atoms with van der Waals surface area (Å²) in [5.74, 6) is 1.00. The largest absolute Gasteiger partial charge is 0.300 e. The predicted molar refractivity (Wildman–Crippen MR) is 46.4 cm³/mol. The molecule has 0 heterocycles. The molecular weight excluding hydrogens is 136 g/mol. The highest BCUT2D eigenvalue weighted by atomic mass is 16.1. The minimum Gasteiger partial charge on any atom is -0.300 e. The van der Waals surface area contributed by atoms with Gasteiger partial charge < -0.3 is 0 Å². The molecule has 0 bridgehead atoms. The van der Waals surface area contributed by atoms with E-state index in [1.54, 1.807) is 0 Å². The van der Waals surface area contributed by atoms with E-state index in [1.807, 2.05) is 0 Å². The molecule has 0 aromatic heterocycles. The van der Waals surface area contributed by atoms with E-state index in [2.05, 4.69) is 19.1 Å². The smallest absolute Gasteiger partial charge is 0.133 e. The Labute approximate surface area is 68.5 Å². The fourth-order valence-electron chi connectivity index (χ4n) is 1.46. The Hall–Kier alpha value is -0.590. The molecular formula is C10H16O. The number of unbranched alkanes of at least 4 members (excludes halogenated alkanes) is 1. The number of ketones is 1. The van der Waals surface area contributed by atoms with E-state index in [9.17, 15) is 4.79 Å². The van der Waals surface area contributed by atoms with Crippen LogP contribution < -0.4 is 0 Å². The summed E-state index contributed by atoms with van der Waals surface area (Å²) in [5.41, 5.74) is 0. The van der Waals surface area contributed by atoms with Crippen LogP contribution in [0, 0.1) is 5.92 Å². The van der Waals surface area contributed by atoms with Crippen molar-refractivity contribution in [3.63, 3.8) is 0 Å². The highest BCUT2D eigenvalue weighted by Gasteiger charge is 2.18. The Morgan fingerprint density at radius 3 is 3.00 bits per heavy atom. The third-order valence-electron chi connectivity index (χ3n) is 2.15. The summed E-state index contributed by atoms with van der Waals surface area (Å²) in [7, 11) is 0. The molecule has 1 nitrogen and oxygen atoms in total. The van der Waals surface area contributed by atoms with Gasteiger partial charge >= 0.3 is 0 Å². The van der Waals surface area contributed by atoms with Gasteiger partial charge in [-0.3, -0.25) is 4.79 Å². The lowest BCUT2D eigenvalue weighted by molar-refractivity contribution is -0.117. The SMILES string of the molecule is CCC/C=C/C1CCC(=O)C1. The molecule has 0 aromatic carbocycles. The number of hydrogen-bond donors (Lipinski definition) is 0. The number of rotatable bonds is 3. The highest BCUT2D eigenvalue weighted by molar-refractivity contribution is 5.80. The molecule has 62 valence electrons. The quantitative estimate of drug-likeness (QED) is 0.568. The molecule has 1 rings (SSSR count). The van der Waals surface area contributed by atoms with E-state index in [1.165, 1.54) is 6.42 Å². The zero-order valence-electron chi connectivity index (χ0n) is 7.18. The van der Waals surface area contributed by atoms with Gasteiger partial charge in [0.15, 0.2) is 0 Å². The Bertz CT molecular complexity index is 158. The molecule has 0 spiro atoms. The molecule has 0 amide bonds. The minimum absolute atomic E-state index is 0.441. The summed E-state index contributed by atoms with van der Waals surface area (Å²) >= 11 is 0. The standard InChI is InChI=1S/C10H16O/c1-2-3-4-5-9-6-7-10(11)8-9/h4-5,9H,2-3,6-8H2,1H3/b5-4+. The summed E-state index contributed by atoms with van der Waals surface area (Å²) in [5, 5.41) is 0. The number of Topliss-reactive ketones (excluding diaryl/α,β-unsaturated/α-hetero) is 1. The fraction of sp³-hybridized carbons (Fsp3) is 0.700. The average molecular weight is 152 g/mol. The molecule has 1 atom stereocenters. The maximum atomic E-state index is 10.9. The van der Waals surface area contributed by atoms with Crippen molar-refractivity contribution in [2.75, 3.05) is 0 Å².